The van der Waals surface area contributed by atoms with Crippen molar-refractivity contribution >= 4 is 11.9 Å². The Labute approximate surface area is 93.2 Å². The minimum Gasteiger partial charge on any atom is -0.409 e. The number of carbonyl (C=O) groups is 1. The summed E-state index contributed by atoms with van der Waals surface area (Å²) in [5.74, 6) is 0.00363. The molecule has 7 heteroatoms. The van der Waals surface area contributed by atoms with Gasteiger partial charge in [-0.3, -0.25) is 0 Å². The van der Waals surface area contributed by atoms with Crippen molar-refractivity contribution in [3.63, 3.8) is 0 Å². The molecule has 4 N–H and O–H groups in total. The lowest BCUT2D eigenvalue weighted by atomic mass is 10.2. The molecule has 2 rings (SSSR count). The van der Waals surface area contributed by atoms with E-state index in [0.29, 0.717) is 25.7 Å². The summed E-state index contributed by atoms with van der Waals surface area (Å²) in [4.78, 5) is 13.4. The molecule has 0 aromatic carbocycles. The molecule has 0 aromatic rings. The number of amidine groups is 1. The van der Waals surface area contributed by atoms with Crippen molar-refractivity contribution in [3.8, 4) is 0 Å². The van der Waals surface area contributed by atoms with Crippen molar-refractivity contribution < 1.29 is 14.7 Å². The van der Waals surface area contributed by atoms with Gasteiger partial charge in [0.05, 0.1) is 13.2 Å². The van der Waals surface area contributed by atoms with E-state index in [2.05, 4.69) is 10.5 Å². The van der Waals surface area contributed by atoms with E-state index in [1.54, 1.807) is 4.90 Å². The maximum atomic E-state index is 11.7. The van der Waals surface area contributed by atoms with Crippen molar-refractivity contribution in [1.82, 2.24) is 10.2 Å². The molecular weight excluding hydrogens is 212 g/mol. The number of nitrogens with one attached hydrogen (secondary N) is 1. The number of rotatable bonds is 2. The number of hydrogen-bond acceptors (Lipinski definition) is 4. The molecule has 1 unspecified atom stereocenters. The molecule has 1 aliphatic carbocycles. The number of nitrogens with two attached hydrogens (primary N) is 1. The van der Waals surface area contributed by atoms with Crippen LogP contribution >= 0.6 is 0 Å². The Bertz CT molecular complexity index is 303. The Kier molecular flexibility index (Phi) is 3.14. The summed E-state index contributed by atoms with van der Waals surface area (Å²) in [6, 6.07) is 0.235. The predicted octanol–water partition coefficient (Wildman–Crippen LogP) is -0.694. The molecule has 7 nitrogen and oxygen atoms in total. The van der Waals surface area contributed by atoms with E-state index in [1.807, 2.05) is 0 Å². The van der Waals surface area contributed by atoms with Gasteiger partial charge >= 0.3 is 6.03 Å². The molecule has 1 aliphatic heterocycles. The zero-order valence-electron chi connectivity index (χ0n) is 8.93. The first-order chi connectivity index (χ1) is 7.70. The molecule has 1 saturated heterocycles. The summed E-state index contributed by atoms with van der Waals surface area (Å²) in [5, 5.41) is 14.3. The van der Waals surface area contributed by atoms with Gasteiger partial charge in [0.1, 0.15) is 6.10 Å². The Balaban J connectivity index is 1.87. The van der Waals surface area contributed by atoms with Crippen LogP contribution in [0.5, 0.6) is 0 Å². The summed E-state index contributed by atoms with van der Waals surface area (Å²) < 4.78 is 5.29. The Morgan fingerprint density at radius 2 is 2.31 bits per heavy atom. The third-order valence-corrected chi connectivity index (χ3v) is 2.70. The van der Waals surface area contributed by atoms with Gasteiger partial charge in [-0.1, -0.05) is 5.16 Å². The number of amides is 2. The predicted molar refractivity (Wildman–Crippen MR) is 56.3 cm³/mol. The number of oxime groups is 1. The summed E-state index contributed by atoms with van der Waals surface area (Å²) in [6.07, 6.45) is 1.60. The van der Waals surface area contributed by atoms with Crippen LogP contribution in [0.4, 0.5) is 4.79 Å². The topological polar surface area (TPSA) is 100 Å². The second-order valence-electron chi connectivity index (χ2n) is 4.05. The molecule has 2 amide bonds. The lowest BCUT2D eigenvalue weighted by Crippen LogP contribution is -2.53. The van der Waals surface area contributed by atoms with E-state index in [4.69, 9.17) is 15.7 Å². The molecule has 2 aliphatic rings. The Morgan fingerprint density at radius 1 is 1.56 bits per heavy atom. The van der Waals surface area contributed by atoms with Crippen molar-refractivity contribution in [2.75, 3.05) is 19.7 Å². The molecule has 1 atom stereocenters. The highest BCUT2D eigenvalue weighted by atomic mass is 16.5. The average Bonchev–Trinajstić information content (AvgIpc) is 3.12. The number of ether oxygens (including phenoxy) is 1. The second-order valence-corrected chi connectivity index (χ2v) is 4.05. The van der Waals surface area contributed by atoms with E-state index >= 15 is 0 Å². The van der Waals surface area contributed by atoms with Crippen LogP contribution in [0.25, 0.3) is 0 Å². The number of carbonyl (C=O) groups excluding carboxylic acids is 1. The highest BCUT2D eigenvalue weighted by Crippen LogP contribution is 2.19. The van der Waals surface area contributed by atoms with Gasteiger partial charge in [0.2, 0.25) is 0 Å². The lowest BCUT2D eigenvalue weighted by molar-refractivity contribution is 0.0197. The lowest BCUT2D eigenvalue weighted by Gasteiger charge is -2.32. The summed E-state index contributed by atoms with van der Waals surface area (Å²) in [6.45, 7) is 1.27. The van der Waals surface area contributed by atoms with Crippen LogP contribution < -0.4 is 11.1 Å². The second kappa shape index (κ2) is 4.56. The molecule has 2 fully saturated rings. The number of nitrogens with zero attached hydrogens (tertiary/aromatic N) is 2. The van der Waals surface area contributed by atoms with E-state index < -0.39 is 6.10 Å². The van der Waals surface area contributed by atoms with Crippen LogP contribution in [0.3, 0.4) is 0 Å². The van der Waals surface area contributed by atoms with Crippen LogP contribution in [0.1, 0.15) is 12.8 Å². The van der Waals surface area contributed by atoms with Crippen LogP contribution in [0.2, 0.25) is 0 Å². The van der Waals surface area contributed by atoms with Crippen LogP contribution in [-0.4, -0.2) is 53.8 Å². The van der Waals surface area contributed by atoms with E-state index in [0.717, 1.165) is 12.8 Å². The van der Waals surface area contributed by atoms with E-state index in [-0.39, 0.29) is 11.9 Å². The fourth-order valence-corrected chi connectivity index (χ4v) is 1.57. The van der Waals surface area contributed by atoms with Gasteiger partial charge in [-0.2, -0.15) is 0 Å². The van der Waals surface area contributed by atoms with Gasteiger partial charge in [-0.25, -0.2) is 4.79 Å². The van der Waals surface area contributed by atoms with Gasteiger partial charge in [0.15, 0.2) is 5.84 Å². The molecule has 1 heterocycles. The zero-order valence-corrected chi connectivity index (χ0v) is 8.93. The maximum Gasteiger partial charge on any atom is 0.317 e. The standard InChI is InChI=1S/C9H16N4O3/c10-8(12-15)7-5-13(3-4-16-7)9(14)11-6-1-2-6/h6-7,15H,1-5H2,(H2,10,12)(H,11,14). The molecule has 90 valence electrons. The van der Waals surface area contributed by atoms with Gasteiger partial charge in [0, 0.05) is 12.6 Å². The smallest absolute Gasteiger partial charge is 0.317 e. The minimum absolute atomic E-state index is 0.00363. The van der Waals surface area contributed by atoms with Crippen molar-refractivity contribution in [2.24, 2.45) is 10.9 Å². The highest BCUT2D eigenvalue weighted by Gasteiger charge is 2.30. The van der Waals surface area contributed by atoms with E-state index in [1.165, 1.54) is 0 Å². The molecule has 0 aromatic heterocycles. The third kappa shape index (κ3) is 2.54. The van der Waals surface area contributed by atoms with Crippen LogP contribution in [0, 0.1) is 0 Å². The summed E-state index contributed by atoms with van der Waals surface area (Å²) in [5.41, 5.74) is 5.44. The van der Waals surface area contributed by atoms with Gasteiger partial charge in [-0.15, -0.1) is 0 Å². The quantitative estimate of drug-likeness (QED) is 0.252. The first kappa shape index (κ1) is 11.0. The molecule has 16 heavy (non-hydrogen) atoms. The fraction of sp³-hybridized carbons (Fsp3) is 0.778. The SMILES string of the molecule is NC(=NO)C1CN(C(=O)NC2CC2)CCO1. The molecular formula is C9H16N4O3. The minimum atomic E-state index is -0.510. The monoisotopic (exact) mass is 228 g/mol. The van der Waals surface area contributed by atoms with Gasteiger partial charge in [-0.05, 0) is 12.8 Å². The summed E-state index contributed by atoms with van der Waals surface area (Å²) >= 11 is 0. The number of morpholine rings is 1. The molecule has 0 bridgehead atoms. The van der Waals surface area contributed by atoms with Crippen molar-refractivity contribution in [3.05, 3.63) is 0 Å². The van der Waals surface area contributed by atoms with E-state index in [9.17, 15) is 4.79 Å². The normalized spacial score (nSPS) is 26.6. The highest BCUT2D eigenvalue weighted by molar-refractivity contribution is 5.85. The Hall–Kier alpha value is -1.50. The first-order valence-corrected chi connectivity index (χ1v) is 5.35. The van der Waals surface area contributed by atoms with Crippen LogP contribution in [0.15, 0.2) is 5.16 Å². The zero-order chi connectivity index (χ0) is 11.5. The number of urea groups is 1. The fourth-order valence-electron chi connectivity index (χ4n) is 1.57. The number of hydrogen-bond donors (Lipinski definition) is 3. The van der Waals surface area contributed by atoms with Crippen molar-refractivity contribution in [2.45, 2.75) is 25.0 Å². The largest absolute Gasteiger partial charge is 0.409 e. The molecule has 0 spiro atoms. The van der Waals surface area contributed by atoms with Gasteiger partial charge in [0.25, 0.3) is 0 Å². The molecule has 1 saturated carbocycles. The molecule has 0 radical (unpaired) electrons. The van der Waals surface area contributed by atoms with Crippen molar-refractivity contribution in [1.29, 1.82) is 0 Å². The third-order valence-electron chi connectivity index (χ3n) is 2.70. The van der Waals surface area contributed by atoms with Gasteiger partial charge < -0.3 is 25.9 Å². The Morgan fingerprint density at radius 3 is 2.94 bits per heavy atom. The first-order valence-electron chi connectivity index (χ1n) is 5.35. The maximum absolute atomic E-state index is 11.7. The summed E-state index contributed by atoms with van der Waals surface area (Å²) in [7, 11) is 0. The average molecular weight is 228 g/mol. The van der Waals surface area contributed by atoms with Crippen LogP contribution in [-0.2, 0) is 4.74 Å².